The molecule has 0 radical (unpaired) electrons. The summed E-state index contributed by atoms with van der Waals surface area (Å²) in [6.45, 7) is 2.26. The minimum absolute atomic E-state index is 0.0610. The van der Waals surface area contributed by atoms with Crippen molar-refractivity contribution >= 4 is 17.3 Å². The largest absolute Gasteiger partial charge is 0.428 e. The zero-order valence-corrected chi connectivity index (χ0v) is 22.9. The van der Waals surface area contributed by atoms with E-state index >= 15 is 0 Å². The lowest BCUT2D eigenvalue weighted by molar-refractivity contribution is -0.384. The Labute approximate surface area is 227 Å². The van der Waals surface area contributed by atoms with Crippen molar-refractivity contribution in [2.75, 3.05) is 0 Å². The first kappa shape index (κ1) is 31.3. The van der Waals surface area contributed by atoms with E-state index in [1.165, 1.54) is 113 Å². The fourth-order valence-corrected chi connectivity index (χ4v) is 4.46. The average molecular weight is 528 g/mol. The van der Waals surface area contributed by atoms with Gasteiger partial charge in [-0.3, -0.25) is 14.9 Å². The summed E-state index contributed by atoms with van der Waals surface area (Å²) in [5, 5.41) is 29.5. The Morgan fingerprint density at radius 1 is 0.895 bits per heavy atom. The number of nitro groups is 1. The number of allylic oxidation sites excluding steroid dienone is 2. The molecule has 0 heterocycles. The third-order valence-corrected chi connectivity index (χ3v) is 6.81. The molecule has 8 nitrogen and oxygen atoms in total. The van der Waals surface area contributed by atoms with Gasteiger partial charge in [-0.25, -0.2) is 0 Å². The van der Waals surface area contributed by atoms with E-state index < -0.39 is 22.7 Å². The molecule has 38 heavy (non-hydrogen) atoms. The average Bonchev–Trinajstić information content (AvgIpc) is 2.91. The molecule has 1 aromatic carbocycles. The van der Waals surface area contributed by atoms with E-state index in [4.69, 9.17) is 4.74 Å². The maximum absolute atomic E-state index is 12.6. The maximum Gasteiger partial charge on any atom is 0.308 e. The van der Waals surface area contributed by atoms with E-state index in [-0.39, 0.29) is 12.1 Å². The van der Waals surface area contributed by atoms with E-state index in [0.717, 1.165) is 19.3 Å². The lowest BCUT2D eigenvalue weighted by Crippen LogP contribution is -2.43. The highest BCUT2D eigenvalue weighted by Gasteiger charge is 2.40. The summed E-state index contributed by atoms with van der Waals surface area (Å²) in [7, 11) is 0. The molecule has 2 atom stereocenters. The van der Waals surface area contributed by atoms with Crippen molar-refractivity contribution in [3.63, 3.8) is 0 Å². The van der Waals surface area contributed by atoms with Crippen LogP contribution in [0.1, 0.15) is 110 Å². The van der Waals surface area contributed by atoms with Gasteiger partial charge in [0.05, 0.1) is 10.6 Å². The highest BCUT2D eigenvalue weighted by Crippen LogP contribution is 2.29. The van der Waals surface area contributed by atoms with Crippen LogP contribution >= 0.6 is 0 Å². The summed E-state index contributed by atoms with van der Waals surface area (Å²) >= 11 is 0. The number of hydrogen-bond donors (Lipinski definition) is 1. The lowest BCUT2D eigenvalue weighted by Gasteiger charge is -2.30. The molecular formula is C30H45N3O5. The minimum atomic E-state index is -1.65. The van der Waals surface area contributed by atoms with Gasteiger partial charge in [0.25, 0.3) is 11.4 Å². The molecule has 0 bridgehead atoms. The van der Waals surface area contributed by atoms with Crippen LogP contribution in [0.25, 0.3) is 0 Å². The summed E-state index contributed by atoms with van der Waals surface area (Å²) < 4.78 is 5.60. The predicted molar refractivity (Wildman–Crippen MR) is 150 cm³/mol. The SMILES string of the molecule is CCCCCCCCCCCCCCCCCC(=O)OC1(/N=N/c2ccc([N+](=O)[O-])cc2)C=CC=CC1O. The predicted octanol–water partition coefficient (Wildman–Crippen LogP) is 8.67. The smallest absolute Gasteiger partial charge is 0.308 e. The second-order valence-corrected chi connectivity index (χ2v) is 10.1. The maximum atomic E-state index is 12.6. The highest BCUT2D eigenvalue weighted by atomic mass is 16.6. The van der Waals surface area contributed by atoms with Gasteiger partial charge in [-0.15, -0.1) is 5.11 Å². The molecule has 0 saturated heterocycles. The van der Waals surface area contributed by atoms with Gasteiger partial charge < -0.3 is 9.84 Å². The van der Waals surface area contributed by atoms with Crippen LogP contribution < -0.4 is 0 Å². The zero-order chi connectivity index (χ0) is 27.5. The van der Waals surface area contributed by atoms with Crippen molar-refractivity contribution in [1.29, 1.82) is 0 Å². The number of azo groups is 1. The van der Waals surface area contributed by atoms with Crippen LogP contribution in [-0.2, 0) is 9.53 Å². The molecule has 0 aromatic heterocycles. The number of nitrogens with zero attached hydrogens (tertiary/aromatic N) is 3. The van der Waals surface area contributed by atoms with Crippen molar-refractivity contribution in [2.24, 2.45) is 10.2 Å². The fourth-order valence-electron chi connectivity index (χ4n) is 4.46. The number of benzene rings is 1. The first-order valence-corrected chi connectivity index (χ1v) is 14.4. The number of unbranched alkanes of at least 4 members (excludes halogenated alkanes) is 14. The van der Waals surface area contributed by atoms with Gasteiger partial charge in [-0.05, 0) is 30.7 Å². The molecule has 1 aliphatic carbocycles. The zero-order valence-electron chi connectivity index (χ0n) is 22.9. The number of non-ortho nitro benzene ring substituents is 1. The van der Waals surface area contributed by atoms with Crippen LogP contribution in [0.3, 0.4) is 0 Å². The van der Waals surface area contributed by atoms with Crippen LogP contribution in [0.15, 0.2) is 58.8 Å². The van der Waals surface area contributed by atoms with Crippen molar-refractivity contribution in [2.45, 2.75) is 121 Å². The molecule has 8 heteroatoms. The summed E-state index contributed by atoms with van der Waals surface area (Å²) in [5.41, 5.74) is -1.36. The van der Waals surface area contributed by atoms with Gasteiger partial charge in [0.15, 0.2) is 0 Å². The fraction of sp³-hybridized carbons (Fsp3) is 0.633. The summed E-state index contributed by atoms with van der Waals surface area (Å²) in [6.07, 6.45) is 24.1. The number of carbonyl (C=O) groups excluding carboxylic acids is 1. The van der Waals surface area contributed by atoms with Crippen molar-refractivity contribution in [1.82, 2.24) is 0 Å². The van der Waals surface area contributed by atoms with Gasteiger partial charge in [0.2, 0.25) is 0 Å². The molecule has 1 N–H and O–H groups in total. The Kier molecular flexibility index (Phi) is 15.2. The summed E-state index contributed by atoms with van der Waals surface area (Å²) in [4.78, 5) is 22.9. The third-order valence-electron chi connectivity index (χ3n) is 6.81. The van der Waals surface area contributed by atoms with E-state index in [9.17, 15) is 20.0 Å². The molecular weight excluding hydrogens is 482 g/mol. The Morgan fingerprint density at radius 3 is 1.92 bits per heavy atom. The topological polar surface area (TPSA) is 114 Å². The quantitative estimate of drug-likeness (QED) is 0.0599. The number of carbonyl (C=O) groups is 1. The molecule has 1 aromatic rings. The highest BCUT2D eigenvalue weighted by molar-refractivity contribution is 5.70. The molecule has 0 fully saturated rings. The Morgan fingerprint density at radius 2 is 1.42 bits per heavy atom. The first-order valence-electron chi connectivity index (χ1n) is 14.4. The molecule has 0 saturated carbocycles. The van der Waals surface area contributed by atoms with E-state index in [1.54, 1.807) is 12.2 Å². The van der Waals surface area contributed by atoms with Crippen LogP contribution in [0.2, 0.25) is 0 Å². The van der Waals surface area contributed by atoms with Gasteiger partial charge in [0, 0.05) is 18.6 Å². The van der Waals surface area contributed by atoms with E-state index in [0.29, 0.717) is 5.69 Å². The van der Waals surface area contributed by atoms with Crippen molar-refractivity contribution < 1.29 is 19.6 Å². The van der Waals surface area contributed by atoms with Crippen LogP contribution in [0.5, 0.6) is 0 Å². The first-order chi connectivity index (χ1) is 18.5. The number of aliphatic hydroxyl groups is 1. The van der Waals surface area contributed by atoms with Gasteiger partial charge >= 0.3 is 5.97 Å². The standard InChI is InChI=1S/C30H45N3O5/c1-2-3-4-5-6-7-8-9-10-11-12-13-14-15-16-20-29(35)38-30(25-18-17-19-28(30)34)32-31-26-21-23-27(24-22-26)33(36)37/h17-19,21-25,28,34H,2-16,20H2,1H3/b32-31+. The lowest BCUT2D eigenvalue weighted by atomic mass is 10.0. The van der Waals surface area contributed by atoms with Crippen LogP contribution in [-0.4, -0.2) is 27.8 Å². The summed E-state index contributed by atoms with van der Waals surface area (Å²) in [6, 6.07) is 5.52. The number of rotatable bonds is 20. The Bertz CT molecular complexity index is 913. The number of nitro benzene ring substituents is 1. The number of aliphatic hydroxyl groups excluding tert-OH is 1. The van der Waals surface area contributed by atoms with Crippen molar-refractivity contribution in [3.8, 4) is 0 Å². The molecule has 2 rings (SSSR count). The second-order valence-electron chi connectivity index (χ2n) is 10.1. The molecule has 210 valence electrons. The molecule has 0 aliphatic heterocycles. The molecule has 0 amide bonds. The normalized spacial score (nSPS) is 18.7. The van der Waals surface area contributed by atoms with E-state index in [2.05, 4.69) is 17.2 Å². The third kappa shape index (κ3) is 12.1. The van der Waals surface area contributed by atoms with Crippen molar-refractivity contribution in [3.05, 3.63) is 58.7 Å². The monoisotopic (exact) mass is 527 g/mol. The van der Waals surface area contributed by atoms with Crippen LogP contribution in [0, 0.1) is 10.1 Å². The van der Waals surface area contributed by atoms with Gasteiger partial charge in [-0.1, -0.05) is 109 Å². The Balaban J connectivity index is 1.63. The molecule has 0 spiro atoms. The number of hydrogen-bond acceptors (Lipinski definition) is 7. The van der Waals surface area contributed by atoms with Gasteiger partial charge in [-0.2, -0.15) is 5.11 Å². The second kappa shape index (κ2) is 18.4. The number of esters is 1. The van der Waals surface area contributed by atoms with Gasteiger partial charge in [0.1, 0.15) is 6.10 Å². The van der Waals surface area contributed by atoms with E-state index in [1.807, 2.05) is 0 Å². The molecule has 2 unspecified atom stereocenters. The minimum Gasteiger partial charge on any atom is -0.428 e. The number of ether oxygens (including phenoxy) is 1. The summed E-state index contributed by atoms with van der Waals surface area (Å²) in [5.74, 6) is -0.443. The molecule has 1 aliphatic rings. The van der Waals surface area contributed by atoms with Crippen LogP contribution in [0.4, 0.5) is 11.4 Å². The Hall–Kier alpha value is -2.87.